The first kappa shape index (κ1) is 15.6. The highest BCUT2D eigenvalue weighted by atomic mass is 16.3. The van der Waals surface area contributed by atoms with Crippen molar-refractivity contribution in [3.05, 3.63) is 42.5 Å². The topological polar surface area (TPSA) is 74.2 Å². The average molecular weight is 350 g/mol. The van der Waals surface area contributed by atoms with Gasteiger partial charge in [0.05, 0.1) is 18.0 Å². The molecule has 0 bridgehead atoms. The van der Waals surface area contributed by atoms with E-state index in [-0.39, 0.29) is 11.9 Å². The maximum absolute atomic E-state index is 12.9. The van der Waals surface area contributed by atoms with Crippen LogP contribution in [-0.2, 0) is 0 Å². The quantitative estimate of drug-likeness (QED) is 0.761. The number of aromatic amines is 1. The molecule has 6 nitrogen and oxygen atoms in total. The minimum absolute atomic E-state index is 0.0930. The van der Waals surface area contributed by atoms with E-state index in [4.69, 9.17) is 4.42 Å². The van der Waals surface area contributed by atoms with Gasteiger partial charge in [-0.2, -0.15) is 5.10 Å². The van der Waals surface area contributed by atoms with Gasteiger partial charge < -0.3 is 9.73 Å². The minimum atomic E-state index is -0.0930. The van der Waals surface area contributed by atoms with Crippen molar-refractivity contribution in [1.82, 2.24) is 20.4 Å². The Hall–Kier alpha value is -2.60. The van der Waals surface area contributed by atoms with Gasteiger partial charge in [0.2, 0.25) is 0 Å². The largest absolute Gasteiger partial charge is 0.472 e. The van der Waals surface area contributed by atoms with Crippen LogP contribution < -0.4 is 5.32 Å². The van der Waals surface area contributed by atoms with Gasteiger partial charge in [-0.3, -0.25) is 14.8 Å². The molecule has 1 amide bonds. The summed E-state index contributed by atoms with van der Waals surface area (Å²) in [4.78, 5) is 15.4. The molecular formula is C20H22N4O2. The predicted octanol–water partition coefficient (Wildman–Crippen LogP) is 3.18. The van der Waals surface area contributed by atoms with Crippen molar-refractivity contribution < 1.29 is 9.21 Å². The van der Waals surface area contributed by atoms with E-state index < -0.39 is 0 Å². The monoisotopic (exact) mass is 350 g/mol. The zero-order chi connectivity index (χ0) is 17.5. The number of nitrogens with one attached hydrogen (secondary N) is 2. The second-order valence-corrected chi connectivity index (χ2v) is 7.38. The molecule has 26 heavy (non-hydrogen) atoms. The van der Waals surface area contributed by atoms with Crippen molar-refractivity contribution in [1.29, 1.82) is 0 Å². The highest BCUT2D eigenvalue weighted by Crippen LogP contribution is 2.28. The van der Waals surface area contributed by atoms with Crippen LogP contribution in [0.5, 0.6) is 0 Å². The molecule has 4 heterocycles. The molecule has 0 radical (unpaired) electrons. The number of aromatic nitrogens is 2. The van der Waals surface area contributed by atoms with E-state index in [1.54, 1.807) is 12.5 Å². The van der Waals surface area contributed by atoms with Crippen LogP contribution >= 0.6 is 0 Å². The third-order valence-corrected chi connectivity index (χ3v) is 5.78. The number of H-pyrrole nitrogens is 1. The van der Waals surface area contributed by atoms with E-state index in [0.717, 1.165) is 47.6 Å². The Labute approximate surface area is 151 Å². The molecule has 2 N–H and O–H groups in total. The Morgan fingerprint density at radius 2 is 2.19 bits per heavy atom. The molecule has 2 aliphatic rings. The average Bonchev–Trinajstić information content (AvgIpc) is 3.28. The normalized spacial score (nSPS) is 23.2. The number of nitrogens with zero attached hydrogens (tertiary/aromatic N) is 2. The van der Waals surface area contributed by atoms with Crippen LogP contribution in [0.4, 0.5) is 0 Å². The summed E-state index contributed by atoms with van der Waals surface area (Å²) in [6.07, 6.45) is 8.14. The van der Waals surface area contributed by atoms with Gasteiger partial charge in [0.15, 0.2) is 5.69 Å². The molecule has 2 aromatic heterocycles. The molecule has 6 heteroatoms. The van der Waals surface area contributed by atoms with Gasteiger partial charge in [0.25, 0.3) is 5.91 Å². The lowest BCUT2D eigenvalue weighted by Crippen LogP contribution is -2.52. The number of carbonyl (C=O) groups is 1. The zero-order valence-corrected chi connectivity index (χ0v) is 14.6. The lowest BCUT2D eigenvalue weighted by Gasteiger charge is -2.40. The van der Waals surface area contributed by atoms with Crippen LogP contribution in [0.15, 0.2) is 41.2 Å². The van der Waals surface area contributed by atoms with Crippen molar-refractivity contribution in [3.63, 3.8) is 0 Å². The highest BCUT2D eigenvalue weighted by molar-refractivity contribution is 6.05. The van der Waals surface area contributed by atoms with Crippen molar-refractivity contribution in [3.8, 4) is 11.1 Å². The van der Waals surface area contributed by atoms with Crippen LogP contribution in [0.3, 0.4) is 0 Å². The first-order valence-electron chi connectivity index (χ1n) is 9.33. The Bertz CT molecular complexity index is 931. The zero-order valence-electron chi connectivity index (χ0n) is 14.6. The summed E-state index contributed by atoms with van der Waals surface area (Å²) >= 11 is 0. The second kappa shape index (κ2) is 6.29. The van der Waals surface area contributed by atoms with Crippen LogP contribution in [0.2, 0.25) is 0 Å². The van der Waals surface area contributed by atoms with Crippen molar-refractivity contribution in [2.75, 3.05) is 13.1 Å². The van der Waals surface area contributed by atoms with Gasteiger partial charge in [-0.1, -0.05) is 6.07 Å². The number of furan rings is 1. The maximum Gasteiger partial charge on any atom is 0.272 e. The molecule has 2 saturated heterocycles. The Morgan fingerprint density at radius 1 is 1.23 bits per heavy atom. The molecule has 0 saturated carbocycles. The number of hydrogen-bond donors (Lipinski definition) is 2. The van der Waals surface area contributed by atoms with Crippen LogP contribution in [-0.4, -0.2) is 46.2 Å². The van der Waals surface area contributed by atoms with E-state index in [2.05, 4.69) is 20.4 Å². The van der Waals surface area contributed by atoms with Crippen LogP contribution in [0.25, 0.3) is 22.0 Å². The molecular weight excluding hydrogens is 328 g/mol. The first-order chi connectivity index (χ1) is 12.8. The molecule has 3 aromatic rings. The number of amides is 1. The SMILES string of the molecule is O=C(N[C@H]1CCCC2CCN2C1)c1n[nH]c2ccc(-c3ccoc3)cc12. The molecule has 2 aliphatic heterocycles. The lowest BCUT2D eigenvalue weighted by atomic mass is 10.00. The van der Waals surface area contributed by atoms with Gasteiger partial charge in [0.1, 0.15) is 0 Å². The summed E-state index contributed by atoms with van der Waals surface area (Å²) in [6, 6.07) is 8.81. The van der Waals surface area contributed by atoms with Gasteiger partial charge in [0, 0.05) is 29.6 Å². The third kappa shape index (κ3) is 2.70. The summed E-state index contributed by atoms with van der Waals surface area (Å²) in [7, 11) is 0. The molecule has 1 unspecified atom stereocenters. The van der Waals surface area contributed by atoms with Gasteiger partial charge in [-0.05, 0) is 56.0 Å². The van der Waals surface area contributed by atoms with Crippen molar-refractivity contribution in [2.24, 2.45) is 0 Å². The van der Waals surface area contributed by atoms with E-state index in [0.29, 0.717) is 5.69 Å². The van der Waals surface area contributed by atoms with Gasteiger partial charge >= 0.3 is 0 Å². The van der Waals surface area contributed by atoms with Crippen molar-refractivity contribution >= 4 is 16.8 Å². The number of fused-ring (bicyclic) bond motifs is 2. The molecule has 5 rings (SSSR count). The standard InChI is InChI=1S/C20H22N4O2/c25-20(21-15-2-1-3-16-6-8-24(16)11-15)19-17-10-13(14-7-9-26-12-14)4-5-18(17)22-23-19/h4-5,7,9-10,12,15-16H,1-3,6,8,11H2,(H,21,25)(H,22,23)/t15-,16?/m0/s1. The van der Waals surface area contributed by atoms with Gasteiger partial charge in [-0.25, -0.2) is 0 Å². The fourth-order valence-electron chi connectivity index (χ4n) is 4.20. The lowest BCUT2D eigenvalue weighted by molar-refractivity contribution is 0.0787. The van der Waals surface area contributed by atoms with E-state index in [1.807, 2.05) is 24.3 Å². The van der Waals surface area contributed by atoms with Gasteiger partial charge in [-0.15, -0.1) is 0 Å². The van der Waals surface area contributed by atoms with E-state index >= 15 is 0 Å². The summed E-state index contributed by atoms with van der Waals surface area (Å²) in [5.74, 6) is -0.0930. The maximum atomic E-state index is 12.9. The molecule has 0 aliphatic carbocycles. The number of rotatable bonds is 3. The predicted molar refractivity (Wildman–Crippen MR) is 98.9 cm³/mol. The molecule has 2 fully saturated rings. The molecule has 0 spiro atoms. The number of hydrogen-bond acceptors (Lipinski definition) is 4. The molecule has 134 valence electrons. The smallest absolute Gasteiger partial charge is 0.272 e. The fourth-order valence-corrected chi connectivity index (χ4v) is 4.20. The highest BCUT2D eigenvalue weighted by Gasteiger charge is 2.33. The summed E-state index contributed by atoms with van der Waals surface area (Å²) in [6.45, 7) is 2.12. The Kier molecular flexibility index (Phi) is 3.78. The molecule has 2 atom stereocenters. The minimum Gasteiger partial charge on any atom is -0.472 e. The van der Waals surface area contributed by atoms with Crippen molar-refractivity contribution in [2.45, 2.75) is 37.8 Å². The molecule has 1 aromatic carbocycles. The third-order valence-electron chi connectivity index (χ3n) is 5.78. The Morgan fingerprint density at radius 3 is 3.00 bits per heavy atom. The number of benzene rings is 1. The summed E-state index contributed by atoms with van der Waals surface area (Å²) in [5.41, 5.74) is 3.34. The number of carbonyl (C=O) groups excluding carboxylic acids is 1. The summed E-state index contributed by atoms with van der Waals surface area (Å²) in [5, 5.41) is 11.3. The Balaban J connectivity index is 1.39. The van der Waals surface area contributed by atoms with Crippen LogP contribution in [0, 0.1) is 0 Å². The van der Waals surface area contributed by atoms with Crippen LogP contribution in [0.1, 0.15) is 36.2 Å². The second-order valence-electron chi connectivity index (χ2n) is 7.38. The first-order valence-corrected chi connectivity index (χ1v) is 9.33. The summed E-state index contributed by atoms with van der Waals surface area (Å²) < 4.78 is 5.17. The van der Waals surface area contributed by atoms with E-state index in [1.165, 1.54) is 19.3 Å². The van der Waals surface area contributed by atoms with E-state index in [9.17, 15) is 4.79 Å². The fraction of sp³-hybridized carbons (Fsp3) is 0.400.